The van der Waals surface area contributed by atoms with Crippen LogP contribution in [0.3, 0.4) is 0 Å². The maximum absolute atomic E-state index is 12.7. The second-order valence-electron chi connectivity index (χ2n) is 6.72. The van der Waals surface area contributed by atoms with E-state index in [-0.39, 0.29) is 18.8 Å². The van der Waals surface area contributed by atoms with Crippen LogP contribution in [-0.4, -0.2) is 30.9 Å². The standard InChI is InChI=1S/C21H19ClN2O5S/c1-11(2)29-19-14(22)6-13(8-18(19)26-3)20(25)24-21-23-15(9-30-21)12-4-5-16-17(7-12)28-10-27-16/h4-9,11H,10H2,1-3H3,(H,23,24,25). The first-order valence-corrected chi connectivity index (χ1v) is 10.4. The SMILES string of the molecule is COc1cc(C(=O)Nc2nc(-c3ccc4c(c3)OCO4)cs2)cc(Cl)c1OC(C)C. The van der Waals surface area contributed by atoms with Crippen molar-refractivity contribution >= 4 is 34.0 Å². The molecule has 30 heavy (non-hydrogen) atoms. The molecule has 1 aromatic heterocycles. The normalized spacial score (nSPS) is 12.2. The number of methoxy groups -OCH3 is 1. The van der Waals surface area contributed by atoms with Crippen LogP contribution in [0.15, 0.2) is 35.7 Å². The van der Waals surface area contributed by atoms with E-state index in [9.17, 15) is 4.79 Å². The number of hydrogen-bond acceptors (Lipinski definition) is 7. The Morgan fingerprint density at radius 2 is 2.03 bits per heavy atom. The van der Waals surface area contributed by atoms with Crippen LogP contribution >= 0.6 is 22.9 Å². The predicted molar refractivity (Wildman–Crippen MR) is 115 cm³/mol. The molecule has 4 rings (SSSR count). The fourth-order valence-corrected chi connectivity index (χ4v) is 3.86. The van der Waals surface area contributed by atoms with Gasteiger partial charge in [0.1, 0.15) is 0 Å². The highest BCUT2D eigenvalue weighted by molar-refractivity contribution is 7.14. The molecule has 0 radical (unpaired) electrons. The van der Waals surface area contributed by atoms with Crippen molar-refractivity contribution in [3.8, 4) is 34.3 Å². The molecule has 0 spiro atoms. The first kappa shape index (κ1) is 20.3. The van der Waals surface area contributed by atoms with Crippen molar-refractivity contribution in [2.24, 2.45) is 0 Å². The Kier molecular flexibility index (Phi) is 5.69. The Morgan fingerprint density at radius 3 is 2.80 bits per heavy atom. The van der Waals surface area contributed by atoms with Gasteiger partial charge < -0.3 is 18.9 Å². The molecule has 0 bridgehead atoms. The Labute approximate surface area is 182 Å². The summed E-state index contributed by atoms with van der Waals surface area (Å²) in [6.07, 6.45) is -0.0824. The lowest BCUT2D eigenvalue weighted by molar-refractivity contribution is 0.102. The number of hydrogen-bond donors (Lipinski definition) is 1. The van der Waals surface area contributed by atoms with Crippen LogP contribution in [0.4, 0.5) is 5.13 Å². The molecule has 2 heterocycles. The molecule has 0 fully saturated rings. The number of anilines is 1. The third-order valence-electron chi connectivity index (χ3n) is 4.24. The van der Waals surface area contributed by atoms with E-state index in [2.05, 4.69) is 10.3 Å². The van der Waals surface area contributed by atoms with Crippen molar-refractivity contribution in [1.82, 2.24) is 4.98 Å². The third-order valence-corrected chi connectivity index (χ3v) is 5.28. The molecule has 1 amide bonds. The second-order valence-corrected chi connectivity index (χ2v) is 7.98. The number of fused-ring (bicyclic) bond motifs is 1. The van der Waals surface area contributed by atoms with Gasteiger partial charge in [0.2, 0.25) is 6.79 Å². The van der Waals surface area contributed by atoms with Crippen molar-refractivity contribution in [3.05, 3.63) is 46.3 Å². The largest absolute Gasteiger partial charge is 0.493 e. The van der Waals surface area contributed by atoms with Crippen LogP contribution in [0.25, 0.3) is 11.3 Å². The van der Waals surface area contributed by atoms with E-state index in [1.807, 2.05) is 37.4 Å². The molecule has 0 aliphatic carbocycles. The number of carbonyl (C=O) groups excluding carboxylic acids is 1. The molecular formula is C21H19ClN2O5S. The molecule has 2 aromatic carbocycles. The average molecular weight is 447 g/mol. The first-order chi connectivity index (χ1) is 14.4. The summed E-state index contributed by atoms with van der Waals surface area (Å²) >= 11 is 7.64. The first-order valence-electron chi connectivity index (χ1n) is 9.15. The van der Waals surface area contributed by atoms with E-state index < -0.39 is 0 Å². The molecule has 156 valence electrons. The highest BCUT2D eigenvalue weighted by Gasteiger charge is 2.19. The van der Waals surface area contributed by atoms with Gasteiger partial charge in [0.25, 0.3) is 5.91 Å². The van der Waals surface area contributed by atoms with Gasteiger partial charge in [-0.15, -0.1) is 11.3 Å². The maximum Gasteiger partial charge on any atom is 0.257 e. The number of thiazole rings is 1. The maximum atomic E-state index is 12.7. The van der Waals surface area contributed by atoms with Crippen molar-refractivity contribution in [3.63, 3.8) is 0 Å². The van der Waals surface area contributed by atoms with E-state index >= 15 is 0 Å². The third kappa shape index (κ3) is 4.15. The minimum absolute atomic E-state index is 0.0824. The number of amides is 1. The molecule has 9 heteroatoms. The fourth-order valence-electron chi connectivity index (χ4n) is 2.89. The van der Waals surface area contributed by atoms with Gasteiger partial charge in [-0.2, -0.15) is 0 Å². The topological polar surface area (TPSA) is 78.9 Å². The van der Waals surface area contributed by atoms with E-state index in [1.165, 1.54) is 18.4 Å². The number of aromatic nitrogens is 1. The van der Waals surface area contributed by atoms with Gasteiger partial charge in [0.15, 0.2) is 28.1 Å². The summed E-state index contributed by atoms with van der Waals surface area (Å²) in [5.41, 5.74) is 1.94. The monoisotopic (exact) mass is 446 g/mol. The lowest BCUT2D eigenvalue weighted by Gasteiger charge is -2.16. The average Bonchev–Trinajstić information content (AvgIpc) is 3.37. The van der Waals surface area contributed by atoms with Gasteiger partial charge in [-0.3, -0.25) is 10.1 Å². The van der Waals surface area contributed by atoms with Crippen LogP contribution in [0.5, 0.6) is 23.0 Å². The van der Waals surface area contributed by atoms with Crippen LogP contribution in [0.2, 0.25) is 5.02 Å². The summed E-state index contributed by atoms with van der Waals surface area (Å²) in [5, 5.41) is 5.42. The predicted octanol–water partition coefficient (Wildman–Crippen LogP) is 5.24. The molecule has 1 N–H and O–H groups in total. The van der Waals surface area contributed by atoms with Crippen molar-refractivity contribution in [2.75, 3.05) is 19.2 Å². The second kappa shape index (κ2) is 8.41. The highest BCUT2D eigenvalue weighted by Crippen LogP contribution is 2.38. The van der Waals surface area contributed by atoms with E-state index in [4.69, 9.17) is 30.5 Å². The number of rotatable bonds is 6. The van der Waals surface area contributed by atoms with Crippen molar-refractivity contribution < 1.29 is 23.7 Å². The Morgan fingerprint density at radius 1 is 1.23 bits per heavy atom. The molecule has 1 aliphatic rings. The van der Waals surface area contributed by atoms with Crippen LogP contribution < -0.4 is 24.3 Å². The minimum atomic E-state index is -0.349. The number of halogens is 1. The Balaban J connectivity index is 1.53. The zero-order valence-electron chi connectivity index (χ0n) is 16.5. The fraction of sp³-hybridized carbons (Fsp3) is 0.238. The van der Waals surface area contributed by atoms with Gasteiger partial charge in [-0.05, 0) is 44.2 Å². The zero-order valence-corrected chi connectivity index (χ0v) is 18.1. The molecule has 0 unspecified atom stereocenters. The molecule has 7 nitrogen and oxygen atoms in total. The quantitative estimate of drug-likeness (QED) is 0.557. The summed E-state index contributed by atoms with van der Waals surface area (Å²) < 4.78 is 21.8. The van der Waals surface area contributed by atoms with Gasteiger partial charge >= 0.3 is 0 Å². The lowest BCUT2D eigenvalue weighted by Crippen LogP contribution is -2.13. The number of nitrogens with one attached hydrogen (secondary N) is 1. The smallest absolute Gasteiger partial charge is 0.257 e. The van der Waals surface area contributed by atoms with Crippen molar-refractivity contribution in [1.29, 1.82) is 0 Å². The van der Waals surface area contributed by atoms with E-state index in [0.29, 0.717) is 38.7 Å². The van der Waals surface area contributed by atoms with Gasteiger partial charge in [0, 0.05) is 16.5 Å². The van der Waals surface area contributed by atoms with Gasteiger partial charge in [0.05, 0.1) is 23.9 Å². The number of carbonyl (C=O) groups is 1. The van der Waals surface area contributed by atoms with Crippen LogP contribution in [0, 0.1) is 0 Å². The molecule has 0 atom stereocenters. The van der Waals surface area contributed by atoms with E-state index in [1.54, 1.807) is 12.1 Å². The van der Waals surface area contributed by atoms with Crippen LogP contribution in [0.1, 0.15) is 24.2 Å². The lowest BCUT2D eigenvalue weighted by atomic mass is 10.1. The molecular weight excluding hydrogens is 428 g/mol. The summed E-state index contributed by atoms with van der Waals surface area (Å²) in [6.45, 7) is 3.98. The molecule has 0 saturated carbocycles. The molecule has 3 aromatic rings. The molecule has 1 aliphatic heterocycles. The summed E-state index contributed by atoms with van der Waals surface area (Å²) in [7, 11) is 1.50. The number of ether oxygens (including phenoxy) is 4. The Bertz CT molecular complexity index is 1100. The zero-order chi connectivity index (χ0) is 21.3. The van der Waals surface area contributed by atoms with Crippen molar-refractivity contribution in [2.45, 2.75) is 20.0 Å². The molecule has 0 saturated heterocycles. The van der Waals surface area contributed by atoms with E-state index in [0.717, 1.165) is 11.3 Å². The number of benzene rings is 2. The summed E-state index contributed by atoms with van der Waals surface area (Å²) in [5.74, 6) is 1.83. The van der Waals surface area contributed by atoms with Gasteiger partial charge in [-0.25, -0.2) is 4.98 Å². The Hall–Kier alpha value is -2.97. The van der Waals surface area contributed by atoms with Crippen LogP contribution in [-0.2, 0) is 0 Å². The highest BCUT2D eigenvalue weighted by atomic mass is 35.5. The number of nitrogens with zero attached hydrogens (tertiary/aromatic N) is 1. The minimum Gasteiger partial charge on any atom is -0.493 e. The summed E-state index contributed by atoms with van der Waals surface area (Å²) in [6, 6.07) is 8.73. The van der Waals surface area contributed by atoms with Gasteiger partial charge in [-0.1, -0.05) is 11.6 Å². The summed E-state index contributed by atoms with van der Waals surface area (Å²) in [4.78, 5) is 17.2.